The van der Waals surface area contributed by atoms with Gasteiger partial charge in [0.15, 0.2) is 0 Å². The Morgan fingerprint density at radius 1 is 1.38 bits per heavy atom. The highest BCUT2D eigenvalue weighted by Crippen LogP contribution is 2.36. The van der Waals surface area contributed by atoms with Crippen LogP contribution < -0.4 is 0 Å². The Bertz CT molecular complexity index is 380. The van der Waals surface area contributed by atoms with Crippen LogP contribution in [0.25, 0.3) is 6.08 Å². The normalized spacial score (nSPS) is 14.4. The van der Waals surface area contributed by atoms with Gasteiger partial charge >= 0.3 is 0 Å². The van der Waals surface area contributed by atoms with Crippen LogP contribution in [0.4, 0.5) is 0 Å². The molecule has 68 valence electrons. The zero-order valence-electron chi connectivity index (χ0n) is 7.73. The Hall–Kier alpha value is -0.210. The number of hydrogen-bond donors (Lipinski definition) is 0. The van der Waals surface area contributed by atoms with E-state index in [0.29, 0.717) is 0 Å². The molecule has 0 unspecified atom stereocenters. The number of thioether (sulfide) groups is 1. The van der Waals surface area contributed by atoms with Crippen molar-refractivity contribution in [1.29, 1.82) is 0 Å². The second-order valence-corrected chi connectivity index (χ2v) is 5.14. The van der Waals surface area contributed by atoms with Crippen LogP contribution in [0.1, 0.15) is 16.7 Å². The highest BCUT2D eigenvalue weighted by atomic mass is 79.9. The molecule has 0 aliphatic carbocycles. The molecular weight excluding hydrogens is 244 g/mol. The van der Waals surface area contributed by atoms with Crippen molar-refractivity contribution < 1.29 is 0 Å². The van der Waals surface area contributed by atoms with Gasteiger partial charge in [-0.25, -0.2) is 0 Å². The molecular formula is C11H11BrS. The van der Waals surface area contributed by atoms with Crippen molar-refractivity contribution in [3.8, 4) is 0 Å². The summed E-state index contributed by atoms with van der Waals surface area (Å²) in [6.07, 6.45) is 4.46. The third-order valence-corrected chi connectivity index (χ3v) is 4.33. The van der Waals surface area contributed by atoms with Gasteiger partial charge in [-0.2, -0.15) is 0 Å². The molecule has 1 heterocycles. The van der Waals surface area contributed by atoms with Gasteiger partial charge in [0.2, 0.25) is 0 Å². The molecule has 2 heteroatoms. The van der Waals surface area contributed by atoms with Crippen molar-refractivity contribution in [3.05, 3.63) is 33.3 Å². The summed E-state index contributed by atoms with van der Waals surface area (Å²) in [5, 5.41) is 0. The van der Waals surface area contributed by atoms with Crippen molar-refractivity contribution >= 4 is 33.8 Å². The molecule has 0 amide bonds. The Kier molecular flexibility index (Phi) is 2.52. The molecule has 1 aliphatic rings. The first-order chi connectivity index (χ1) is 6.20. The summed E-state index contributed by atoms with van der Waals surface area (Å²) in [6.45, 7) is 4.34. The Labute approximate surface area is 91.6 Å². The van der Waals surface area contributed by atoms with Crippen molar-refractivity contribution in [1.82, 2.24) is 0 Å². The van der Waals surface area contributed by atoms with E-state index >= 15 is 0 Å². The molecule has 0 radical (unpaired) electrons. The van der Waals surface area contributed by atoms with Gasteiger partial charge in [-0.3, -0.25) is 0 Å². The van der Waals surface area contributed by atoms with Crippen LogP contribution in [0.15, 0.2) is 21.5 Å². The minimum absolute atomic E-state index is 1.11. The average Bonchev–Trinajstić information content (AvgIpc) is 2.15. The predicted octanol–water partition coefficient (Wildman–Crippen LogP) is 4.18. The summed E-state index contributed by atoms with van der Waals surface area (Å²) in [5.41, 5.74) is 4.12. The fourth-order valence-corrected chi connectivity index (χ4v) is 3.14. The number of benzene rings is 1. The number of aryl methyl sites for hydroxylation is 1. The topological polar surface area (TPSA) is 0 Å². The second kappa shape index (κ2) is 3.50. The molecule has 0 N–H and O–H groups in total. The Balaban J connectivity index is 2.72. The van der Waals surface area contributed by atoms with E-state index in [1.54, 1.807) is 0 Å². The molecule has 0 atom stereocenters. The number of fused-ring (bicyclic) bond motifs is 1. The van der Waals surface area contributed by atoms with Crippen LogP contribution in [-0.4, -0.2) is 5.75 Å². The van der Waals surface area contributed by atoms with E-state index in [0.717, 1.165) is 5.75 Å². The maximum atomic E-state index is 3.58. The van der Waals surface area contributed by atoms with Crippen molar-refractivity contribution in [2.24, 2.45) is 0 Å². The lowest BCUT2D eigenvalue weighted by Crippen LogP contribution is -1.95. The number of halogens is 1. The maximum absolute atomic E-state index is 3.58. The quantitative estimate of drug-likeness (QED) is 0.670. The molecule has 0 nitrogen and oxygen atoms in total. The van der Waals surface area contributed by atoms with Gasteiger partial charge in [0.05, 0.1) is 0 Å². The molecule has 0 saturated heterocycles. The van der Waals surface area contributed by atoms with Gasteiger partial charge in [-0.15, -0.1) is 11.8 Å². The van der Waals surface area contributed by atoms with Crippen LogP contribution in [0, 0.1) is 13.8 Å². The molecule has 0 fully saturated rings. The van der Waals surface area contributed by atoms with E-state index in [4.69, 9.17) is 0 Å². The Morgan fingerprint density at radius 2 is 2.15 bits per heavy atom. The summed E-state index contributed by atoms with van der Waals surface area (Å²) in [4.78, 5) is 1.45. The zero-order valence-corrected chi connectivity index (χ0v) is 10.1. The summed E-state index contributed by atoms with van der Waals surface area (Å²) in [5.74, 6) is 1.11. The molecule has 1 aliphatic heterocycles. The lowest BCUT2D eigenvalue weighted by molar-refractivity contribution is 1.21. The molecule has 13 heavy (non-hydrogen) atoms. The molecule has 1 aromatic carbocycles. The number of hydrogen-bond acceptors (Lipinski definition) is 1. The van der Waals surface area contributed by atoms with Crippen LogP contribution >= 0.6 is 27.7 Å². The van der Waals surface area contributed by atoms with E-state index in [9.17, 15) is 0 Å². The fraction of sp³-hybridized carbons (Fsp3) is 0.273. The van der Waals surface area contributed by atoms with E-state index < -0.39 is 0 Å². The standard InChI is InChI=1S/C11H11BrS/c1-7-6-10(12)8(2)9-4-3-5-13-11(7)9/h3-4,6H,5H2,1-2H3. The lowest BCUT2D eigenvalue weighted by atomic mass is 10.0. The van der Waals surface area contributed by atoms with Gasteiger partial charge in [-0.05, 0) is 36.6 Å². The third-order valence-electron chi connectivity index (χ3n) is 2.32. The summed E-state index contributed by atoms with van der Waals surface area (Å²) >= 11 is 5.51. The molecule has 0 saturated carbocycles. The number of rotatable bonds is 0. The summed E-state index contributed by atoms with van der Waals surface area (Å²) < 4.78 is 1.22. The first kappa shape index (κ1) is 9.35. The third kappa shape index (κ3) is 1.57. The van der Waals surface area contributed by atoms with E-state index in [1.807, 2.05) is 11.8 Å². The first-order valence-corrected chi connectivity index (χ1v) is 6.07. The minimum Gasteiger partial charge on any atom is -0.121 e. The SMILES string of the molecule is Cc1cc(Br)c(C)c2c1SCC=C2. The van der Waals surface area contributed by atoms with Crippen molar-refractivity contribution in [2.75, 3.05) is 5.75 Å². The molecule has 0 bridgehead atoms. The Morgan fingerprint density at radius 3 is 2.92 bits per heavy atom. The zero-order chi connectivity index (χ0) is 9.42. The molecule has 0 aromatic heterocycles. The first-order valence-electron chi connectivity index (χ1n) is 4.29. The highest BCUT2D eigenvalue weighted by molar-refractivity contribution is 9.10. The van der Waals surface area contributed by atoms with Crippen molar-refractivity contribution in [2.45, 2.75) is 18.7 Å². The van der Waals surface area contributed by atoms with Crippen molar-refractivity contribution in [3.63, 3.8) is 0 Å². The average molecular weight is 255 g/mol. The molecule has 0 spiro atoms. The van der Waals surface area contributed by atoms with E-state index in [1.165, 1.54) is 26.1 Å². The maximum Gasteiger partial charge on any atom is 0.0213 e. The van der Waals surface area contributed by atoms with E-state index in [-0.39, 0.29) is 0 Å². The molecule has 2 rings (SSSR count). The lowest BCUT2D eigenvalue weighted by Gasteiger charge is -2.16. The van der Waals surface area contributed by atoms with E-state index in [2.05, 4.69) is 48.0 Å². The van der Waals surface area contributed by atoms with Gasteiger partial charge in [0, 0.05) is 15.1 Å². The van der Waals surface area contributed by atoms with Crippen LogP contribution in [-0.2, 0) is 0 Å². The van der Waals surface area contributed by atoms with Crippen LogP contribution in [0.3, 0.4) is 0 Å². The van der Waals surface area contributed by atoms with Gasteiger partial charge in [0.1, 0.15) is 0 Å². The summed E-state index contributed by atoms with van der Waals surface area (Å²) in [6, 6.07) is 2.21. The monoisotopic (exact) mass is 254 g/mol. The highest BCUT2D eigenvalue weighted by Gasteiger charge is 2.12. The summed E-state index contributed by atoms with van der Waals surface area (Å²) in [7, 11) is 0. The minimum atomic E-state index is 1.11. The van der Waals surface area contributed by atoms with Crippen LogP contribution in [0.5, 0.6) is 0 Å². The van der Waals surface area contributed by atoms with Gasteiger partial charge in [0.25, 0.3) is 0 Å². The smallest absolute Gasteiger partial charge is 0.0213 e. The fourth-order valence-electron chi connectivity index (χ4n) is 1.56. The largest absolute Gasteiger partial charge is 0.121 e. The van der Waals surface area contributed by atoms with Gasteiger partial charge in [-0.1, -0.05) is 28.1 Å². The van der Waals surface area contributed by atoms with Gasteiger partial charge < -0.3 is 0 Å². The second-order valence-electron chi connectivity index (χ2n) is 3.26. The predicted molar refractivity (Wildman–Crippen MR) is 63.4 cm³/mol. The molecule has 1 aromatic rings. The van der Waals surface area contributed by atoms with Crippen LogP contribution in [0.2, 0.25) is 0 Å².